The second-order valence-electron chi connectivity index (χ2n) is 6.87. The fourth-order valence-electron chi connectivity index (χ4n) is 4.00. The van der Waals surface area contributed by atoms with Crippen LogP contribution in [0.15, 0.2) is 22.7 Å². The van der Waals surface area contributed by atoms with Crippen molar-refractivity contribution in [3.8, 4) is 0 Å². The smallest absolute Gasteiger partial charge is 0.124 e. The number of benzene rings is 1. The lowest BCUT2D eigenvalue weighted by Crippen LogP contribution is -2.49. The molecular formula is C17H26BrFN2. The Kier molecular flexibility index (Phi) is 5.81. The SMILES string of the molecule is CC(C)CC1(C(Cc2cc(F)cc(Br)c2)NN)CCCC1. The van der Waals surface area contributed by atoms with E-state index in [0.717, 1.165) is 16.5 Å². The van der Waals surface area contributed by atoms with E-state index < -0.39 is 0 Å². The van der Waals surface area contributed by atoms with Crippen LogP contribution >= 0.6 is 15.9 Å². The Bertz CT molecular complexity index is 450. The van der Waals surface area contributed by atoms with Crippen LogP contribution in [0.4, 0.5) is 4.39 Å². The van der Waals surface area contributed by atoms with Gasteiger partial charge in [-0.1, -0.05) is 42.6 Å². The predicted octanol–water partition coefficient (Wildman–Crippen LogP) is 4.57. The van der Waals surface area contributed by atoms with Crippen LogP contribution in [0.3, 0.4) is 0 Å². The van der Waals surface area contributed by atoms with E-state index in [1.54, 1.807) is 6.07 Å². The van der Waals surface area contributed by atoms with Crippen LogP contribution < -0.4 is 11.3 Å². The molecular weight excluding hydrogens is 331 g/mol. The van der Waals surface area contributed by atoms with Gasteiger partial charge in [0, 0.05) is 10.5 Å². The summed E-state index contributed by atoms with van der Waals surface area (Å²) in [7, 11) is 0. The third-order valence-corrected chi connectivity index (χ3v) is 5.17. The molecule has 0 heterocycles. The number of hydrazine groups is 1. The summed E-state index contributed by atoms with van der Waals surface area (Å²) in [5.74, 6) is 6.34. The molecule has 3 N–H and O–H groups in total. The zero-order valence-electron chi connectivity index (χ0n) is 13.0. The number of halogens is 2. The van der Waals surface area contributed by atoms with Crippen molar-refractivity contribution in [3.05, 3.63) is 34.1 Å². The minimum atomic E-state index is -0.195. The maximum atomic E-state index is 13.6. The molecule has 1 aliphatic carbocycles. The average molecular weight is 357 g/mol. The standard InChI is InChI=1S/C17H26BrFN2/c1-12(2)11-17(5-3-4-6-17)16(21-20)9-13-7-14(18)10-15(19)8-13/h7-8,10,12,16,21H,3-6,9,11,20H2,1-2H3. The average Bonchev–Trinajstić information content (AvgIpc) is 2.83. The van der Waals surface area contributed by atoms with Crippen molar-refractivity contribution in [3.63, 3.8) is 0 Å². The molecule has 21 heavy (non-hydrogen) atoms. The zero-order valence-corrected chi connectivity index (χ0v) is 14.5. The second-order valence-corrected chi connectivity index (χ2v) is 7.78. The van der Waals surface area contributed by atoms with Crippen molar-refractivity contribution in [2.24, 2.45) is 17.2 Å². The van der Waals surface area contributed by atoms with Crippen LogP contribution in [0, 0.1) is 17.2 Å². The molecule has 0 saturated heterocycles. The van der Waals surface area contributed by atoms with Crippen LogP contribution in [-0.4, -0.2) is 6.04 Å². The molecule has 1 aliphatic rings. The Balaban J connectivity index is 2.20. The highest BCUT2D eigenvalue weighted by atomic mass is 79.9. The topological polar surface area (TPSA) is 38.0 Å². The van der Waals surface area contributed by atoms with Gasteiger partial charge in [0.15, 0.2) is 0 Å². The molecule has 1 aromatic carbocycles. The first-order valence-corrected chi connectivity index (χ1v) is 8.65. The van der Waals surface area contributed by atoms with E-state index in [0.29, 0.717) is 5.92 Å². The molecule has 2 rings (SSSR count). The normalized spacial score (nSPS) is 19.1. The third-order valence-electron chi connectivity index (χ3n) is 4.72. The molecule has 4 heteroatoms. The molecule has 0 aromatic heterocycles. The highest BCUT2D eigenvalue weighted by Gasteiger charge is 2.41. The van der Waals surface area contributed by atoms with Gasteiger partial charge in [-0.25, -0.2) is 4.39 Å². The van der Waals surface area contributed by atoms with Gasteiger partial charge < -0.3 is 0 Å². The molecule has 0 spiro atoms. The first-order chi connectivity index (χ1) is 9.95. The lowest BCUT2D eigenvalue weighted by Gasteiger charge is -2.39. The molecule has 1 saturated carbocycles. The molecule has 0 bridgehead atoms. The van der Waals surface area contributed by atoms with Crippen molar-refractivity contribution >= 4 is 15.9 Å². The van der Waals surface area contributed by atoms with Gasteiger partial charge in [0.05, 0.1) is 0 Å². The molecule has 118 valence electrons. The number of nitrogens with one attached hydrogen (secondary N) is 1. The Morgan fingerprint density at radius 3 is 2.48 bits per heavy atom. The van der Waals surface area contributed by atoms with E-state index in [2.05, 4.69) is 35.2 Å². The van der Waals surface area contributed by atoms with Crippen LogP contribution in [0.1, 0.15) is 51.5 Å². The summed E-state index contributed by atoms with van der Waals surface area (Å²) in [5, 5.41) is 0. The van der Waals surface area contributed by atoms with Crippen LogP contribution in [0.2, 0.25) is 0 Å². The molecule has 0 radical (unpaired) electrons. The van der Waals surface area contributed by atoms with Gasteiger partial charge in [0.2, 0.25) is 0 Å². The quantitative estimate of drug-likeness (QED) is 0.578. The van der Waals surface area contributed by atoms with E-state index in [1.807, 2.05) is 6.07 Å². The summed E-state index contributed by atoms with van der Waals surface area (Å²) >= 11 is 3.37. The number of hydrogen-bond donors (Lipinski definition) is 2. The van der Waals surface area contributed by atoms with Gasteiger partial charge in [-0.05, 0) is 60.8 Å². The summed E-state index contributed by atoms with van der Waals surface area (Å²) in [6.07, 6.45) is 6.94. The molecule has 1 atom stereocenters. The van der Waals surface area contributed by atoms with Crippen LogP contribution in [-0.2, 0) is 6.42 Å². The summed E-state index contributed by atoms with van der Waals surface area (Å²) in [5.41, 5.74) is 4.29. The van der Waals surface area contributed by atoms with Crippen molar-refractivity contribution in [1.29, 1.82) is 0 Å². The van der Waals surface area contributed by atoms with Gasteiger partial charge >= 0.3 is 0 Å². The predicted molar refractivity (Wildman–Crippen MR) is 89.3 cm³/mol. The van der Waals surface area contributed by atoms with E-state index in [1.165, 1.54) is 38.2 Å². The molecule has 1 unspecified atom stereocenters. The monoisotopic (exact) mass is 356 g/mol. The van der Waals surface area contributed by atoms with Gasteiger partial charge in [-0.15, -0.1) is 0 Å². The van der Waals surface area contributed by atoms with Crippen molar-refractivity contribution in [1.82, 2.24) is 5.43 Å². The largest absolute Gasteiger partial charge is 0.271 e. The van der Waals surface area contributed by atoms with Crippen LogP contribution in [0.5, 0.6) is 0 Å². The van der Waals surface area contributed by atoms with E-state index in [9.17, 15) is 4.39 Å². The van der Waals surface area contributed by atoms with Crippen molar-refractivity contribution < 1.29 is 4.39 Å². The number of rotatable bonds is 6. The molecule has 0 aliphatic heterocycles. The van der Waals surface area contributed by atoms with Gasteiger partial charge in [-0.3, -0.25) is 11.3 Å². The molecule has 0 amide bonds. The van der Waals surface area contributed by atoms with Gasteiger partial charge in [0.1, 0.15) is 5.82 Å². The summed E-state index contributed by atoms with van der Waals surface area (Å²) in [6, 6.07) is 5.31. The van der Waals surface area contributed by atoms with Crippen LogP contribution in [0.25, 0.3) is 0 Å². The second kappa shape index (κ2) is 7.21. The van der Waals surface area contributed by atoms with E-state index in [4.69, 9.17) is 5.84 Å². The fraction of sp³-hybridized carbons (Fsp3) is 0.647. The third kappa shape index (κ3) is 4.27. The summed E-state index contributed by atoms with van der Waals surface area (Å²) in [6.45, 7) is 4.54. The van der Waals surface area contributed by atoms with E-state index in [-0.39, 0.29) is 17.3 Å². The van der Waals surface area contributed by atoms with Gasteiger partial charge in [-0.2, -0.15) is 0 Å². The maximum Gasteiger partial charge on any atom is 0.124 e. The lowest BCUT2D eigenvalue weighted by atomic mass is 9.71. The number of hydrogen-bond acceptors (Lipinski definition) is 2. The zero-order chi connectivity index (χ0) is 15.5. The van der Waals surface area contributed by atoms with Gasteiger partial charge in [0.25, 0.3) is 0 Å². The minimum Gasteiger partial charge on any atom is -0.271 e. The lowest BCUT2D eigenvalue weighted by molar-refractivity contribution is 0.154. The number of nitrogens with two attached hydrogens (primary N) is 1. The van der Waals surface area contributed by atoms with E-state index >= 15 is 0 Å². The fourth-order valence-corrected chi connectivity index (χ4v) is 4.52. The molecule has 2 nitrogen and oxygen atoms in total. The summed E-state index contributed by atoms with van der Waals surface area (Å²) < 4.78 is 14.4. The Morgan fingerprint density at radius 2 is 1.95 bits per heavy atom. The highest BCUT2D eigenvalue weighted by Crippen LogP contribution is 2.46. The Hall–Kier alpha value is -0.450. The minimum absolute atomic E-state index is 0.195. The Labute approximate surface area is 135 Å². The van der Waals surface area contributed by atoms with Crippen molar-refractivity contribution in [2.45, 2.75) is 58.4 Å². The summed E-state index contributed by atoms with van der Waals surface area (Å²) in [4.78, 5) is 0. The first-order valence-electron chi connectivity index (χ1n) is 7.86. The first kappa shape index (κ1) is 16.9. The molecule has 1 fully saturated rings. The molecule has 1 aromatic rings. The van der Waals surface area contributed by atoms with Crippen molar-refractivity contribution in [2.75, 3.05) is 0 Å². The highest BCUT2D eigenvalue weighted by molar-refractivity contribution is 9.10. The Morgan fingerprint density at radius 1 is 1.29 bits per heavy atom. The maximum absolute atomic E-state index is 13.6.